The van der Waals surface area contributed by atoms with E-state index < -0.39 is 10.0 Å². The first-order valence-electron chi connectivity index (χ1n) is 7.25. The number of unbranched alkanes of at least 4 members (excludes halogenated alkanes) is 1. The molecular formula is C13H25NO3S. The lowest BCUT2D eigenvalue weighted by Crippen LogP contribution is -2.40. The molecule has 2 rings (SSSR count). The van der Waals surface area contributed by atoms with Gasteiger partial charge >= 0.3 is 0 Å². The zero-order valence-electron chi connectivity index (χ0n) is 11.1. The van der Waals surface area contributed by atoms with Crippen molar-refractivity contribution in [3.63, 3.8) is 0 Å². The molecule has 2 fully saturated rings. The molecular weight excluding hydrogens is 250 g/mol. The van der Waals surface area contributed by atoms with Crippen LogP contribution in [0.15, 0.2) is 0 Å². The Morgan fingerprint density at radius 1 is 1.06 bits per heavy atom. The summed E-state index contributed by atoms with van der Waals surface area (Å²) in [7, 11) is -3.10. The molecule has 0 spiro atoms. The minimum Gasteiger partial charge on any atom is -0.396 e. The van der Waals surface area contributed by atoms with E-state index in [2.05, 4.69) is 0 Å². The quantitative estimate of drug-likeness (QED) is 0.751. The molecule has 5 heteroatoms. The Bertz CT molecular complexity index is 349. The van der Waals surface area contributed by atoms with Crippen LogP contribution in [0, 0.1) is 5.92 Å². The molecule has 0 aromatic rings. The molecule has 0 bridgehead atoms. The standard InChI is InChI=1S/C13H25NO3S/c15-10-3-4-11-18(16,17)14-9-5-8-13(14)12-6-1-2-7-12/h12-13,15H,1-11H2. The van der Waals surface area contributed by atoms with Crippen LogP contribution in [0.3, 0.4) is 0 Å². The minimum absolute atomic E-state index is 0.0849. The van der Waals surface area contributed by atoms with Crippen molar-refractivity contribution in [2.45, 2.75) is 57.4 Å². The van der Waals surface area contributed by atoms with Crippen molar-refractivity contribution >= 4 is 10.0 Å². The van der Waals surface area contributed by atoms with E-state index in [1.807, 2.05) is 0 Å². The molecule has 1 heterocycles. The Labute approximate surface area is 110 Å². The summed E-state index contributed by atoms with van der Waals surface area (Å²) >= 11 is 0. The largest absolute Gasteiger partial charge is 0.396 e. The number of hydrogen-bond donors (Lipinski definition) is 1. The lowest BCUT2D eigenvalue weighted by Gasteiger charge is -2.28. The van der Waals surface area contributed by atoms with E-state index in [-0.39, 0.29) is 18.4 Å². The van der Waals surface area contributed by atoms with E-state index in [9.17, 15) is 8.42 Å². The molecule has 0 aromatic carbocycles. The fourth-order valence-electron chi connectivity index (χ4n) is 3.44. The maximum Gasteiger partial charge on any atom is 0.214 e. The maximum atomic E-state index is 12.3. The molecule has 0 radical (unpaired) electrons. The van der Waals surface area contributed by atoms with Gasteiger partial charge in [0.1, 0.15) is 0 Å². The fourth-order valence-corrected chi connectivity index (χ4v) is 5.34. The number of aliphatic hydroxyl groups is 1. The summed E-state index contributed by atoms with van der Waals surface area (Å²) in [6, 6.07) is 0.270. The third-order valence-electron chi connectivity index (χ3n) is 4.36. The van der Waals surface area contributed by atoms with Gasteiger partial charge < -0.3 is 5.11 Å². The van der Waals surface area contributed by atoms with E-state index >= 15 is 0 Å². The van der Waals surface area contributed by atoms with Crippen molar-refractivity contribution in [2.75, 3.05) is 18.9 Å². The summed E-state index contributed by atoms with van der Waals surface area (Å²) in [5.74, 6) is 0.802. The zero-order chi connectivity index (χ0) is 13.0. The molecule has 0 aromatic heterocycles. The number of nitrogens with zero attached hydrogens (tertiary/aromatic N) is 1. The highest BCUT2D eigenvalue weighted by Gasteiger charge is 2.39. The van der Waals surface area contributed by atoms with Gasteiger partial charge in [0.15, 0.2) is 0 Å². The molecule has 1 unspecified atom stereocenters. The van der Waals surface area contributed by atoms with Gasteiger partial charge in [0.2, 0.25) is 10.0 Å². The Hall–Kier alpha value is -0.130. The summed E-state index contributed by atoms with van der Waals surface area (Å²) in [5, 5.41) is 8.74. The minimum atomic E-state index is -3.10. The number of rotatable bonds is 6. The molecule has 106 valence electrons. The average molecular weight is 275 g/mol. The second kappa shape index (κ2) is 6.35. The highest BCUT2D eigenvalue weighted by atomic mass is 32.2. The molecule has 1 saturated carbocycles. The van der Waals surface area contributed by atoms with Crippen molar-refractivity contribution in [1.82, 2.24) is 4.31 Å². The number of sulfonamides is 1. The van der Waals surface area contributed by atoms with Crippen LogP contribution < -0.4 is 0 Å². The zero-order valence-corrected chi connectivity index (χ0v) is 11.9. The van der Waals surface area contributed by atoms with E-state index in [1.165, 1.54) is 25.7 Å². The van der Waals surface area contributed by atoms with Crippen molar-refractivity contribution < 1.29 is 13.5 Å². The van der Waals surface area contributed by atoms with Crippen molar-refractivity contribution in [1.29, 1.82) is 0 Å². The fraction of sp³-hybridized carbons (Fsp3) is 1.00. The van der Waals surface area contributed by atoms with Crippen LogP contribution in [0.4, 0.5) is 0 Å². The maximum absolute atomic E-state index is 12.3. The third-order valence-corrected chi connectivity index (χ3v) is 6.33. The Kier molecular flexibility index (Phi) is 5.04. The van der Waals surface area contributed by atoms with Crippen molar-refractivity contribution in [3.05, 3.63) is 0 Å². The second-order valence-corrected chi connectivity index (χ2v) is 7.65. The molecule has 18 heavy (non-hydrogen) atoms. The molecule has 2 aliphatic rings. The molecule has 1 N–H and O–H groups in total. The summed E-state index contributed by atoms with van der Waals surface area (Å²) in [5.41, 5.74) is 0. The number of aliphatic hydroxyl groups excluding tert-OH is 1. The van der Waals surface area contributed by atoms with E-state index in [1.54, 1.807) is 4.31 Å². The van der Waals surface area contributed by atoms with Gasteiger partial charge in [-0.2, -0.15) is 4.31 Å². The Balaban J connectivity index is 1.96. The topological polar surface area (TPSA) is 57.6 Å². The predicted octanol–water partition coefficient (Wildman–Crippen LogP) is 1.74. The molecule has 1 saturated heterocycles. The van der Waals surface area contributed by atoms with Gasteiger partial charge in [-0.3, -0.25) is 0 Å². The monoisotopic (exact) mass is 275 g/mol. The van der Waals surface area contributed by atoms with Crippen LogP contribution in [0.5, 0.6) is 0 Å². The van der Waals surface area contributed by atoms with Crippen LogP contribution in [-0.2, 0) is 10.0 Å². The van der Waals surface area contributed by atoms with Crippen LogP contribution in [0.1, 0.15) is 51.4 Å². The van der Waals surface area contributed by atoms with Gasteiger partial charge in [-0.05, 0) is 44.4 Å². The highest BCUT2D eigenvalue weighted by molar-refractivity contribution is 7.89. The summed E-state index contributed by atoms with van der Waals surface area (Å²) in [4.78, 5) is 0. The molecule has 1 aliphatic carbocycles. The third kappa shape index (κ3) is 3.25. The molecule has 1 aliphatic heterocycles. The summed E-state index contributed by atoms with van der Waals surface area (Å²) in [6.45, 7) is 0.796. The summed E-state index contributed by atoms with van der Waals surface area (Å²) in [6.07, 6.45) is 8.15. The SMILES string of the molecule is O=S(=O)(CCCCO)N1CCCC1C1CCCC1. The molecule has 0 amide bonds. The van der Waals surface area contributed by atoms with E-state index in [0.29, 0.717) is 25.3 Å². The van der Waals surface area contributed by atoms with Gasteiger partial charge in [-0.15, -0.1) is 0 Å². The van der Waals surface area contributed by atoms with Crippen molar-refractivity contribution in [2.24, 2.45) is 5.92 Å². The van der Waals surface area contributed by atoms with Gasteiger partial charge in [-0.1, -0.05) is 12.8 Å². The average Bonchev–Trinajstić information content (AvgIpc) is 3.00. The van der Waals surface area contributed by atoms with Crippen LogP contribution in [-0.4, -0.2) is 42.8 Å². The first kappa shape index (κ1) is 14.3. The predicted molar refractivity (Wildman–Crippen MR) is 71.8 cm³/mol. The van der Waals surface area contributed by atoms with Gasteiger partial charge in [-0.25, -0.2) is 8.42 Å². The molecule has 4 nitrogen and oxygen atoms in total. The molecule has 1 atom stereocenters. The summed E-state index contributed by atoms with van der Waals surface area (Å²) < 4.78 is 26.4. The first-order chi connectivity index (χ1) is 8.65. The first-order valence-corrected chi connectivity index (χ1v) is 8.86. The van der Waals surface area contributed by atoms with Crippen LogP contribution >= 0.6 is 0 Å². The van der Waals surface area contributed by atoms with Gasteiger partial charge in [0.25, 0.3) is 0 Å². The second-order valence-electron chi connectivity index (χ2n) is 5.61. The van der Waals surface area contributed by atoms with Gasteiger partial charge in [0, 0.05) is 19.2 Å². The highest BCUT2D eigenvalue weighted by Crippen LogP contribution is 2.36. The van der Waals surface area contributed by atoms with E-state index in [0.717, 1.165) is 12.8 Å². The van der Waals surface area contributed by atoms with Crippen LogP contribution in [0.25, 0.3) is 0 Å². The van der Waals surface area contributed by atoms with Gasteiger partial charge in [0.05, 0.1) is 5.75 Å². The lowest BCUT2D eigenvalue weighted by atomic mass is 9.97. The number of hydrogen-bond acceptors (Lipinski definition) is 3. The lowest BCUT2D eigenvalue weighted by molar-refractivity contribution is 0.281. The van der Waals surface area contributed by atoms with E-state index in [4.69, 9.17) is 5.11 Å². The Morgan fingerprint density at radius 3 is 2.44 bits per heavy atom. The Morgan fingerprint density at radius 2 is 1.78 bits per heavy atom. The van der Waals surface area contributed by atoms with Crippen molar-refractivity contribution in [3.8, 4) is 0 Å². The smallest absolute Gasteiger partial charge is 0.214 e. The van der Waals surface area contributed by atoms with Crippen LogP contribution in [0.2, 0.25) is 0 Å². The normalized spacial score (nSPS) is 27.1.